The highest BCUT2D eigenvalue weighted by atomic mass is 16.5. The Labute approximate surface area is 206 Å². The van der Waals surface area contributed by atoms with E-state index in [1.165, 1.54) is 0 Å². The number of rotatable bonds is 7. The summed E-state index contributed by atoms with van der Waals surface area (Å²) in [5, 5.41) is 1.15. The van der Waals surface area contributed by atoms with Crippen LogP contribution in [0.15, 0.2) is 85.1 Å². The van der Waals surface area contributed by atoms with Crippen LogP contribution in [0.4, 0.5) is 0 Å². The molecule has 1 fully saturated rings. The van der Waals surface area contributed by atoms with Gasteiger partial charge in [0.05, 0.1) is 12.2 Å². The molecule has 3 unspecified atom stereocenters. The first kappa shape index (κ1) is 23.2. The van der Waals surface area contributed by atoms with E-state index in [0.29, 0.717) is 26.1 Å². The Kier molecular flexibility index (Phi) is 6.87. The van der Waals surface area contributed by atoms with Gasteiger partial charge in [-0.25, -0.2) is 0 Å². The summed E-state index contributed by atoms with van der Waals surface area (Å²) in [5.74, 6) is 0.916. The molecule has 1 aliphatic rings. The monoisotopic (exact) mass is 468 g/mol. The Morgan fingerprint density at radius 2 is 1.66 bits per heavy atom. The van der Waals surface area contributed by atoms with Crippen molar-refractivity contribution in [2.24, 2.45) is 0 Å². The van der Waals surface area contributed by atoms with E-state index in [9.17, 15) is 4.79 Å². The number of fused-ring (bicyclic) bond motifs is 1. The highest BCUT2D eigenvalue weighted by Crippen LogP contribution is 2.35. The normalized spacial score (nSPS) is 19.0. The van der Waals surface area contributed by atoms with Gasteiger partial charge < -0.3 is 19.4 Å². The second-order valence-corrected chi connectivity index (χ2v) is 9.45. The molecule has 0 aliphatic carbocycles. The third kappa shape index (κ3) is 5.41. The zero-order chi connectivity index (χ0) is 24.2. The van der Waals surface area contributed by atoms with Gasteiger partial charge in [-0.1, -0.05) is 60.7 Å². The molecule has 1 aromatic heterocycles. The van der Waals surface area contributed by atoms with Crippen LogP contribution in [-0.2, 0) is 16.1 Å². The fourth-order valence-corrected chi connectivity index (χ4v) is 5.01. The predicted molar refractivity (Wildman–Crippen MR) is 139 cm³/mol. The Morgan fingerprint density at radius 1 is 0.971 bits per heavy atom. The standard InChI is InChI=1S/C30H32N2O3/c1-21-18-32(19-22(2)35-21)30(33)16-27(28-17-31-29-11-7-6-10-26(28)29)24-12-14-25(15-13-24)34-20-23-8-4-3-5-9-23/h3-15,17,21-22,27,31H,16,18-20H2,1-2H3. The van der Waals surface area contributed by atoms with E-state index in [1.807, 2.05) is 67.4 Å². The molecule has 2 heterocycles. The zero-order valence-corrected chi connectivity index (χ0v) is 20.3. The molecular weight excluding hydrogens is 436 g/mol. The van der Waals surface area contributed by atoms with Gasteiger partial charge in [-0.2, -0.15) is 0 Å². The van der Waals surface area contributed by atoms with Crippen LogP contribution < -0.4 is 4.74 Å². The molecule has 0 radical (unpaired) electrons. The van der Waals surface area contributed by atoms with Crippen molar-refractivity contribution in [1.29, 1.82) is 0 Å². The number of ether oxygens (including phenoxy) is 2. The van der Waals surface area contributed by atoms with Gasteiger partial charge in [0.15, 0.2) is 0 Å². The Balaban J connectivity index is 1.39. The minimum Gasteiger partial charge on any atom is -0.489 e. The van der Waals surface area contributed by atoms with Crippen molar-refractivity contribution in [2.75, 3.05) is 13.1 Å². The van der Waals surface area contributed by atoms with Gasteiger partial charge in [-0.3, -0.25) is 4.79 Å². The first-order chi connectivity index (χ1) is 17.1. The van der Waals surface area contributed by atoms with Crippen molar-refractivity contribution in [2.45, 2.75) is 45.0 Å². The average Bonchev–Trinajstić information content (AvgIpc) is 3.30. The number of morpholine rings is 1. The SMILES string of the molecule is CC1CN(C(=O)CC(c2ccc(OCc3ccccc3)cc2)c2c[nH]c3ccccc23)CC(C)O1. The summed E-state index contributed by atoms with van der Waals surface area (Å²) in [5.41, 5.74) is 4.45. The number of H-pyrrole nitrogens is 1. The molecule has 0 saturated carbocycles. The fraction of sp³-hybridized carbons (Fsp3) is 0.300. The highest BCUT2D eigenvalue weighted by Gasteiger charge is 2.29. The predicted octanol–water partition coefficient (Wildman–Crippen LogP) is 5.90. The summed E-state index contributed by atoms with van der Waals surface area (Å²) in [6.07, 6.45) is 2.56. The van der Waals surface area contributed by atoms with Gasteiger partial charge >= 0.3 is 0 Å². The maximum atomic E-state index is 13.5. The quantitative estimate of drug-likeness (QED) is 0.367. The van der Waals surface area contributed by atoms with Crippen LogP contribution in [0.5, 0.6) is 5.75 Å². The van der Waals surface area contributed by atoms with Crippen molar-refractivity contribution < 1.29 is 14.3 Å². The van der Waals surface area contributed by atoms with E-state index in [4.69, 9.17) is 9.47 Å². The summed E-state index contributed by atoms with van der Waals surface area (Å²) in [7, 11) is 0. The van der Waals surface area contributed by atoms with Crippen LogP contribution in [0.3, 0.4) is 0 Å². The van der Waals surface area contributed by atoms with Crippen LogP contribution in [0.2, 0.25) is 0 Å². The number of benzene rings is 3. The van der Waals surface area contributed by atoms with Crippen molar-refractivity contribution in [3.63, 3.8) is 0 Å². The van der Waals surface area contributed by atoms with Gasteiger partial charge in [0.25, 0.3) is 0 Å². The number of hydrogen-bond acceptors (Lipinski definition) is 3. The summed E-state index contributed by atoms with van der Waals surface area (Å²) in [4.78, 5) is 18.8. The van der Waals surface area contributed by atoms with Crippen LogP contribution in [0, 0.1) is 0 Å². The van der Waals surface area contributed by atoms with Crippen LogP contribution in [-0.4, -0.2) is 41.1 Å². The molecule has 1 amide bonds. The summed E-state index contributed by atoms with van der Waals surface area (Å²) >= 11 is 0. The molecule has 0 bridgehead atoms. The molecule has 5 heteroatoms. The molecule has 1 saturated heterocycles. The van der Waals surface area contributed by atoms with E-state index >= 15 is 0 Å². The van der Waals surface area contributed by atoms with Gasteiger partial charge in [0.2, 0.25) is 5.91 Å². The molecule has 0 spiro atoms. The highest BCUT2D eigenvalue weighted by molar-refractivity contribution is 5.86. The van der Waals surface area contributed by atoms with Crippen LogP contribution >= 0.6 is 0 Å². The molecule has 3 atom stereocenters. The molecule has 1 aliphatic heterocycles. The van der Waals surface area contributed by atoms with E-state index < -0.39 is 0 Å². The zero-order valence-electron chi connectivity index (χ0n) is 20.3. The Bertz CT molecular complexity index is 1260. The lowest BCUT2D eigenvalue weighted by Gasteiger charge is -2.36. The lowest BCUT2D eigenvalue weighted by atomic mass is 9.87. The minimum atomic E-state index is -0.0599. The van der Waals surface area contributed by atoms with Gasteiger partial charge in [-0.05, 0) is 48.7 Å². The number of nitrogens with zero attached hydrogens (tertiary/aromatic N) is 1. The lowest BCUT2D eigenvalue weighted by Crippen LogP contribution is -2.48. The van der Waals surface area contributed by atoms with Crippen molar-refractivity contribution in [3.8, 4) is 5.75 Å². The molecule has 35 heavy (non-hydrogen) atoms. The summed E-state index contributed by atoms with van der Waals surface area (Å²) in [6.45, 7) is 5.85. The number of carbonyl (C=O) groups is 1. The number of aromatic nitrogens is 1. The number of nitrogens with one attached hydrogen (secondary N) is 1. The number of para-hydroxylation sites is 1. The molecule has 5 rings (SSSR count). The van der Waals surface area contributed by atoms with Crippen molar-refractivity contribution >= 4 is 16.8 Å². The maximum absolute atomic E-state index is 13.5. The average molecular weight is 469 g/mol. The summed E-state index contributed by atoms with van der Waals surface area (Å²) < 4.78 is 11.8. The molecule has 3 aromatic carbocycles. The van der Waals surface area contributed by atoms with Crippen molar-refractivity contribution in [3.05, 3.63) is 102 Å². The number of amides is 1. The van der Waals surface area contributed by atoms with Gasteiger partial charge in [-0.15, -0.1) is 0 Å². The van der Waals surface area contributed by atoms with Crippen LogP contribution in [0.1, 0.15) is 42.9 Å². The minimum absolute atomic E-state index is 0.0512. The van der Waals surface area contributed by atoms with E-state index in [0.717, 1.165) is 33.3 Å². The van der Waals surface area contributed by atoms with E-state index in [2.05, 4.69) is 41.4 Å². The second kappa shape index (κ2) is 10.4. The third-order valence-corrected chi connectivity index (χ3v) is 6.68. The first-order valence-electron chi connectivity index (χ1n) is 12.3. The van der Waals surface area contributed by atoms with E-state index in [1.54, 1.807) is 0 Å². The number of carbonyl (C=O) groups excluding carboxylic acids is 1. The Morgan fingerprint density at radius 3 is 2.40 bits per heavy atom. The number of aromatic amines is 1. The van der Waals surface area contributed by atoms with Gasteiger partial charge in [0.1, 0.15) is 12.4 Å². The maximum Gasteiger partial charge on any atom is 0.223 e. The largest absolute Gasteiger partial charge is 0.489 e. The van der Waals surface area contributed by atoms with E-state index in [-0.39, 0.29) is 24.0 Å². The summed E-state index contributed by atoms with van der Waals surface area (Å²) in [6, 6.07) is 26.6. The third-order valence-electron chi connectivity index (χ3n) is 6.68. The molecule has 180 valence electrons. The lowest BCUT2D eigenvalue weighted by molar-refractivity contribution is -0.143. The fourth-order valence-electron chi connectivity index (χ4n) is 5.01. The van der Waals surface area contributed by atoms with Crippen LogP contribution in [0.25, 0.3) is 10.9 Å². The molecular formula is C30H32N2O3. The second-order valence-electron chi connectivity index (χ2n) is 9.45. The molecule has 5 nitrogen and oxygen atoms in total. The smallest absolute Gasteiger partial charge is 0.223 e. The topological polar surface area (TPSA) is 54.6 Å². The number of hydrogen-bond donors (Lipinski definition) is 1. The Hall–Kier alpha value is -3.57. The molecule has 4 aromatic rings. The first-order valence-corrected chi connectivity index (χ1v) is 12.3. The van der Waals surface area contributed by atoms with Crippen molar-refractivity contribution in [1.82, 2.24) is 9.88 Å². The molecule has 1 N–H and O–H groups in total. The van der Waals surface area contributed by atoms with Gasteiger partial charge in [0, 0.05) is 42.5 Å².